The van der Waals surface area contributed by atoms with Crippen LogP contribution in [0.4, 0.5) is 10.3 Å². The first kappa shape index (κ1) is 17.3. The summed E-state index contributed by atoms with van der Waals surface area (Å²) >= 11 is 0. The molecule has 25 heavy (non-hydrogen) atoms. The highest BCUT2D eigenvalue weighted by molar-refractivity contribution is 5.92. The van der Waals surface area contributed by atoms with Gasteiger partial charge in [0.2, 0.25) is 5.95 Å². The summed E-state index contributed by atoms with van der Waals surface area (Å²) in [7, 11) is 0. The summed E-state index contributed by atoms with van der Waals surface area (Å²) in [6.07, 6.45) is 6.82. The third-order valence-electron chi connectivity index (χ3n) is 4.38. The van der Waals surface area contributed by atoms with Gasteiger partial charge in [0.1, 0.15) is 11.5 Å². The van der Waals surface area contributed by atoms with Crippen molar-refractivity contribution in [2.45, 2.75) is 32.1 Å². The predicted octanol–water partition coefficient (Wildman–Crippen LogP) is 3.29. The summed E-state index contributed by atoms with van der Waals surface area (Å²) in [5, 5.41) is 3.13. The van der Waals surface area contributed by atoms with Gasteiger partial charge in [-0.1, -0.05) is 25.0 Å². The van der Waals surface area contributed by atoms with Crippen LogP contribution in [0.5, 0.6) is 0 Å². The number of hydrogen-bond acceptors (Lipinski definition) is 4. The Labute approximate surface area is 147 Å². The summed E-state index contributed by atoms with van der Waals surface area (Å²) in [6, 6.07) is 8.09. The molecule has 1 saturated heterocycles. The molecule has 1 aliphatic heterocycles. The molecule has 3 rings (SSSR count). The van der Waals surface area contributed by atoms with E-state index in [9.17, 15) is 9.18 Å². The van der Waals surface area contributed by atoms with Crippen molar-refractivity contribution in [2.24, 2.45) is 0 Å². The second-order valence-electron chi connectivity index (χ2n) is 6.28. The minimum atomic E-state index is -0.236. The van der Waals surface area contributed by atoms with E-state index in [0.29, 0.717) is 18.2 Å². The smallest absolute Gasteiger partial charge is 0.272 e. The van der Waals surface area contributed by atoms with Crippen molar-refractivity contribution in [1.82, 2.24) is 14.9 Å². The molecule has 6 heteroatoms. The third kappa shape index (κ3) is 4.98. The molecule has 132 valence electrons. The molecule has 1 aromatic heterocycles. The fourth-order valence-electron chi connectivity index (χ4n) is 2.97. The van der Waals surface area contributed by atoms with Crippen molar-refractivity contribution in [3.05, 3.63) is 53.6 Å². The Hall–Kier alpha value is -2.50. The minimum Gasteiger partial charge on any atom is -0.354 e. The van der Waals surface area contributed by atoms with Gasteiger partial charge in [-0.25, -0.2) is 14.4 Å². The number of carbonyl (C=O) groups excluding carboxylic acids is 1. The van der Waals surface area contributed by atoms with Gasteiger partial charge in [-0.3, -0.25) is 4.79 Å². The first-order valence-electron chi connectivity index (χ1n) is 8.83. The van der Waals surface area contributed by atoms with E-state index in [-0.39, 0.29) is 11.7 Å². The van der Waals surface area contributed by atoms with Gasteiger partial charge >= 0.3 is 0 Å². The molecule has 0 aliphatic carbocycles. The number of hydrogen-bond donors (Lipinski definition) is 1. The molecule has 2 aromatic rings. The van der Waals surface area contributed by atoms with Gasteiger partial charge in [-0.15, -0.1) is 0 Å². The summed E-state index contributed by atoms with van der Waals surface area (Å²) in [6.45, 7) is 2.22. The van der Waals surface area contributed by atoms with Crippen molar-refractivity contribution in [3.63, 3.8) is 0 Å². The van der Waals surface area contributed by atoms with Gasteiger partial charge in [0.05, 0.1) is 0 Å². The van der Waals surface area contributed by atoms with Gasteiger partial charge in [0.15, 0.2) is 0 Å². The molecule has 0 saturated carbocycles. The molecular weight excluding hydrogens is 319 g/mol. The van der Waals surface area contributed by atoms with Crippen LogP contribution >= 0.6 is 0 Å². The quantitative estimate of drug-likeness (QED) is 0.906. The lowest BCUT2D eigenvalue weighted by Crippen LogP contribution is -2.32. The summed E-state index contributed by atoms with van der Waals surface area (Å²) < 4.78 is 12.9. The Balaban J connectivity index is 1.57. The highest BCUT2D eigenvalue weighted by atomic mass is 19.1. The molecular formula is C19H23FN4O. The zero-order valence-corrected chi connectivity index (χ0v) is 14.2. The van der Waals surface area contributed by atoms with E-state index in [1.165, 1.54) is 25.0 Å². The van der Waals surface area contributed by atoms with Crippen molar-refractivity contribution >= 4 is 11.9 Å². The Morgan fingerprint density at radius 1 is 1.08 bits per heavy atom. The standard InChI is InChI=1S/C19H23FN4O/c20-16-7-5-15(6-8-16)9-11-21-19-22-12-10-17(23-19)18(25)24-13-3-1-2-4-14-24/h5-8,10,12H,1-4,9,11,13-14H2,(H,21,22,23). The SMILES string of the molecule is O=C(c1ccnc(NCCc2ccc(F)cc2)n1)N1CCCCCC1. The molecule has 1 fully saturated rings. The number of anilines is 1. The zero-order valence-electron chi connectivity index (χ0n) is 14.2. The lowest BCUT2D eigenvalue weighted by Gasteiger charge is -2.19. The Kier molecular flexibility index (Phi) is 5.93. The Bertz CT molecular complexity index is 697. The first-order chi connectivity index (χ1) is 12.2. The number of nitrogens with one attached hydrogen (secondary N) is 1. The number of amides is 1. The number of nitrogens with zero attached hydrogens (tertiary/aromatic N) is 3. The normalized spacial score (nSPS) is 14.8. The zero-order chi connectivity index (χ0) is 17.5. The van der Waals surface area contributed by atoms with Gasteiger partial charge in [0, 0.05) is 25.8 Å². The van der Waals surface area contributed by atoms with Gasteiger partial charge in [-0.2, -0.15) is 0 Å². The van der Waals surface area contributed by atoms with Crippen LogP contribution in [0.25, 0.3) is 0 Å². The highest BCUT2D eigenvalue weighted by Gasteiger charge is 2.18. The van der Waals surface area contributed by atoms with E-state index in [1.807, 2.05) is 4.90 Å². The van der Waals surface area contributed by atoms with E-state index in [1.54, 1.807) is 24.4 Å². The predicted molar refractivity (Wildman–Crippen MR) is 95.0 cm³/mol. The van der Waals surface area contributed by atoms with Crippen LogP contribution in [0.2, 0.25) is 0 Å². The fourth-order valence-corrected chi connectivity index (χ4v) is 2.97. The molecule has 0 spiro atoms. The second kappa shape index (κ2) is 8.55. The van der Waals surface area contributed by atoms with E-state index >= 15 is 0 Å². The minimum absolute atomic E-state index is 0.0223. The van der Waals surface area contributed by atoms with E-state index in [4.69, 9.17) is 0 Å². The van der Waals surface area contributed by atoms with Crippen LogP contribution in [0.15, 0.2) is 36.5 Å². The average Bonchev–Trinajstić information content (AvgIpc) is 2.92. The summed E-state index contributed by atoms with van der Waals surface area (Å²) in [5.41, 5.74) is 1.46. The average molecular weight is 342 g/mol. The molecule has 0 unspecified atom stereocenters. The Morgan fingerprint density at radius 2 is 1.80 bits per heavy atom. The van der Waals surface area contributed by atoms with Crippen LogP contribution in [-0.2, 0) is 6.42 Å². The van der Waals surface area contributed by atoms with Crippen LogP contribution in [0.1, 0.15) is 41.7 Å². The molecule has 1 aliphatic rings. The lowest BCUT2D eigenvalue weighted by molar-refractivity contribution is 0.0755. The van der Waals surface area contributed by atoms with Gasteiger partial charge in [-0.05, 0) is 43.0 Å². The molecule has 0 atom stereocenters. The molecule has 0 bridgehead atoms. The van der Waals surface area contributed by atoms with E-state index < -0.39 is 0 Å². The van der Waals surface area contributed by atoms with Gasteiger partial charge in [0.25, 0.3) is 5.91 Å². The Morgan fingerprint density at radius 3 is 2.52 bits per heavy atom. The maximum absolute atomic E-state index is 12.9. The number of rotatable bonds is 5. The van der Waals surface area contributed by atoms with Gasteiger partial charge < -0.3 is 10.2 Å². The van der Waals surface area contributed by atoms with Crippen molar-refractivity contribution < 1.29 is 9.18 Å². The molecule has 5 nitrogen and oxygen atoms in total. The van der Waals surface area contributed by atoms with E-state index in [0.717, 1.165) is 37.9 Å². The molecule has 1 aromatic carbocycles. The maximum Gasteiger partial charge on any atom is 0.272 e. The first-order valence-corrected chi connectivity index (χ1v) is 8.83. The highest BCUT2D eigenvalue weighted by Crippen LogP contribution is 2.13. The molecule has 1 amide bonds. The topological polar surface area (TPSA) is 58.1 Å². The second-order valence-corrected chi connectivity index (χ2v) is 6.28. The molecule has 2 heterocycles. The van der Waals surface area contributed by atoms with E-state index in [2.05, 4.69) is 15.3 Å². The van der Waals surface area contributed by atoms with Crippen LogP contribution in [-0.4, -0.2) is 40.4 Å². The molecule has 0 radical (unpaired) electrons. The number of carbonyl (C=O) groups is 1. The monoisotopic (exact) mass is 342 g/mol. The van der Waals surface area contributed by atoms with Crippen molar-refractivity contribution in [2.75, 3.05) is 25.0 Å². The molecule has 1 N–H and O–H groups in total. The fraction of sp³-hybridized carbons (Fsp3) is 0.421. The number of benzene rings is 1. The number of likely N-dealkylation sites (tertiary alicyclic amines) is 1. The lowest BCUT2D eigenvalue weighted by atomic mass is 10.1. The summed E-state index contributed by atoms with van der Waals surface area (Å²) in [5.74, 6) is 0.188. The van der Waals surface area contributed by atoms with Crippen LogP contribution < -0.4 is 5.32 Å². The largest absolute Gasteiger partial charge is 0.354 e. The number of aromatic nitrogens is 2. The summed E-state index contributed by atoms with van der Waals surface area (Å²) in [4.78, 5) is 23.0. The van der Waals surface area contributed by atoms with Crippen LogP contribution in [0.3, 0.4) is 0 Å². The van der Waals surface area contributed by atoms with Crippen molar-refractivity contribution in [3.8, 4) is 0 Å². The maximum atomic E-state index is 12.9. The third-order valence-corrected chi connectivity index (χ3v) is 4.38. The van der Waals surface area contributed by atoms with Crippen molar-refractivity contribution in [1.29, 1.82) is 0 Å². The number of halogens is 1. The van der Waals surface area contributed by atoms with Crippen LogP contribution in [0, 0.1) is 5.82 Å².